The molecular formula is C11H15NO. The Labute approximate surface area is 78.9 Å². The number of aliphatic hydroxyl groups excluding tert-OH is 1. The molecule has 0 saturated carbocycles. The van der Waals surface area contributed by atoms with Crippen LogP contribution in [0.2, 0.25) is 0 Å². The summed E-state index contributed by atoms with van der Waals surface area (Å²) in [5.74, 6) is 0. The Morgan fingerprint density at radius 3 is 2.92 bits per heavy atom. The van der Waals surface area contributed by atoms with Crippen molar-refractivity contribution in [3.63, 3.8) is 0 Å². The van der Waals surface area contributed by atoms with Crippen LogP contribution in [0.3, 0.4) is 0 Å². The molecule has 0 aliphatic rings. The number of nitrogens with zero attached hydrogens (tertiary/aromatic N) is 1. The van der Waals surface area contributed by atoms with Crippen LogP contribution in [0.4, 0.5) is 0 Å². The maximum absolute atomic E-state index is 9.65. The van der Waals surface area contributed by atoms with Crippen LogP contribution >= 0.6 is 0 Å². The summed E-state index contributed by atoms with van der Waals surface area (Å²) >= 11 is 0. The average molecular weight is 177 g/mol. The molecule has 70 valence electrons. The highest BCUT2D eigenvalue weighted by atomic mass is 16.3. The lowest BCUT2D eigenvalue weighted by Crippen LogP contribution is -1.97. The molecule has 1 N–H and O–H groups in total. The third kappa shape index (κ3) is 2.99. The summed E-state index contributed by atoms with van der Waals surface area (Å²) in [5, 5.41) is 9.65. The summed E-state index contributed by atoms with van der Waals surface area (Å²) in [6, 6.07) is 3.82. The first-order valence-corrected chi connectivity index (χ1v) is 4.45. The maximum Gasteiger partial charge on any atom is 0.0807 e. The zero-order valence-electron chi connectivity index (χ0n) is 7.90. The van der Waals surface area contributed by atoms with Crippen molar-refractivity contribution >= 4 is 0 Å². The summed E-state index contributed by atoms with van der Waals surface area (Å²) in [5.41, 5.74) is 1.85. The lowest BCUT2D eigenvalue weighted by molar-refractivity contribution is 0.168. The SMILES string of the molecule is C=CCCC(O)c1ccc(C)nc1. The molecule has 1 rings (SSSR count). The van der Waals surface area contributed by atoms with Gasteiger partial charge in [0.2, 0.25) is 0 Å². The van der Waals surface area contributed by atoms with E-state index in [0.717, 1.165) is 17.7 Å². The molecule has 0 fully saturated rings. The van der Waals surface area contributed by atoms with E-state index in [2.05, 4.69) is 11.6 Å². The van der Waals surface area contributed by atoms with Crippen molar-refractivity contribution in [1.82, 2.24) is 4.98 Å². The number of rotatable bonds is 4. The Hall–Kier alpha value is -1.15. The Bertz CT molecular complexity index is 266. The van der Waals surface area contributed by atoms with Crippen molar-refractivity contribution in [2.45, 2.75) is 25.9 Å². The largest absolute Gasteiger partial charge is 0.388 e. The fourth-order valence-corrected chi connectivity index (χ4v) is 1.12. The second-order valence-corrected chi connectivity index (χ2v) is 3.11. The van der Waals surface area contributed by atoms with Crippen LogP contribution in [0, 0.1) is 6.92 Å². The van der Waals surface area contributed by atoms with Crippen LogP contribution in [-0.4, -0.2) is 10.1 Å². The number of aromatic nitrogens is 1. The van der Waals surface area contributed by atoms with Gasteiger partial charge in [0.15, 0.2) is 0 Å². The Kier molecular flexibility index (Phi) is 3.65. The highest BCUT2D eigenvalue weighted by Gasteiger charge is 2.05. The molecule has 1 heterocycles. The van der Waals surface area contributed by atoms with Gasteiger partial charge in [0.25, 0.3) is 0 Å². The minimum Gasteiger partial charge on any atom is -0.388 e. The van der Waals surface area contributed by atoms with E-state index in [4.69, 9.17) is 0 Å². The van der Waals surface area contributed by atoms with E-state index in [0.29, 0.717) is 6.42 Å². The summed E-state index contributed by atoms with van der Waals surface area (Å²) in [6.45, 7) is 5.54. The molecule has 2 nitrogen and oxygen atoms in total. The lowest BCUT2D eigenvalue weighted by atomic mass is 10.1. The first-order valence-electron chi connectivity index (χ1n) is 4.45. The van der Waals surface area contributed by atoms with E-state index in [1.807, 2.05) is 25.1 Å². The predicted molar refractivity (Wildman–Crippen MR) is 53.4 cm³/mol. The molecule has 0 aromatic carbocycles. The summed E-state index contributed by atoms with van der Waals surface area (Å²) < 4.78 is 0. The van der Waals surface area contributed by atoms with Crippen LogP contribution in [0.25, 0.3) is 0 Å². The molecule has 0 spiro atoms. The van der Waals surface area contributed by atoms with E-state index in [1.54, 1.807) is 6.20 Å². The molecule has 1 unspecified atom stereocenters. The number of hydrogen-bond acceptors (Lipinski definition) is 2. The van der Waals surface area contributed by atoms with Crippen LogP contribution in [0.1, 0.15) is 30.2 Å². The number of aryl methyl sites for hydroxylation is 1. The minimum absolute atomic E-state index is 0.411. The van der Waals surface area contributed by atoms with Gasteiger partial charge in [-0.05, 0) is 31.4 Å². The van der Waals surface area contributed by atoms with Crippen LogP contribution in [0.15, 0.2) is 31.0 Å². The molecule has 1 aromatic heterocycles. The third-order valence-corrected chi connectivity index (χ3v) is 1.96. The maximum atomic E-state index is 9.65. The number of pyridine rings is 1. The quantitative estimate of drug-likeness (QED) is 0.716. The van der Waals surface area contributed by atoms with Gasteiger partial charge in [0.1, 0.15) is 0 Å². The smallest absolute Gasteiger partial charge is 0.0807 e. The fraction of sp³-hybridized carbons (Fsp3) is 0.364. The minimum atomic E-state index is -0.411. The van der Waals surface area contributed by atoms with Gasteiger partial charge in [-0.25, -0.2) is 0 Å². The highest BCUT2D eigenvalue weighted by Crippen LogP contribution is 2.17. The Morgan fingerprint density at radius 2 is 2.38 bits per heavy atom. The van der Waals surface area contributed by atoms with Gasteiger partial charge in [-0.2, -0.15) is 0 Å². The lowest BCUT2D eigenvalue weighted by Gasteiger charge is -2.08. The monoisotopic (exact) mass is 177 g/mol. The molecule has 1 aromatic rings. The van der Waals surface area contributed by atoms with Gasteiger partial charge in [-0.1, -0.05) is 12.1 Å². The third-order valence-electron chi connectivity index (χ3n) is 1.96. The van der Waals surface area contributed by atoms with E-state index in [-0.39, 0.29) is 0 Å². The number of hydrogen-bond donors (Lipinski definition) is 1. The molecule has 0 saturated heterocycles. The molecule has 13 heavy (non-hydrogen) atoms. The van der Waals surface area contributed by atoms with Gasteiger partial charge >= 0.3 is 0 Å². The van der Waals surface area contributed by atoms with E-state index in [9.17, 15) is 5.11 Å². The molecule has 0 bridgehead atoms. The second-order valence-electron chi connectivity index (χ2n) is 3.11. The van der Waals surface area contributed by atoms with Crippen molar-refractivity contribution in [3.8, 4) is 0 Å². The number of allylic oxidation sites excluding steroid dienone is 1. The molecule has 2 heteroatoms. The summed E-state index contributed by atoms with van der Waals surface area (Å²) in [6.07, 6.45) is 4.67. The standard InChI is InChI=1S/C11H15NO/c1-3-4-5-11(13)10-7-6-9(2)12-8-10/h3,6-8,11,13H,1,4-5H2,2H3. The zero-order chi connectivity index (χ0) is 9.68. The average Bonchev–Trinajstić information content (AvgIpc) is 2.15. The van der Waals surface area contributed by atoms with Crippen molar-refractivity contribution in [2.75, 3.05) is 0 Å². The Morgan fingerprint density at radius 1 is 1.62 bits per heavy atom. The van der Waals surface area contributed by atoms with Crippen LogP contribution in [0.5, 0.6) is 0 Å². The van der Waals surface area contributed by atoms with Gasteiger partial charge < -0.3 is 5.11 Å². The zero-order valence-corrected chi connectivity index (χ0v) is 7.90. The highest BCUT2D eigenvalue weighted by molar-refractivity contribution is 5.15. The molecular weight excluding hydrogens is 162 g/mol. The van der Waals surface area contributed by atoms with Crippen LogP contribution < -0.4 is 0 Å². The normalized spacial score (nSPS) is 12.5. The van der Waals surface area contributed by atoms with Crippen molar-refractivity contribution in [1.29, 1.82) is 0 Å². The van der Waals surface area contributed by atoms with Crippen LogP contribution in [-0.2, 0) is 0 Å². The van der Waals surface area contributed by atoms with Gasteiger partial charge in [0.05, 0.1) is 6.10 Å². The van der Waals surface area contributed by atoms with Gasteiger partial charge in [-0.15, -0.1) is 6.58 Å². The first-order chi connectivity index (χ1) is 6.24. The molecule has 0 aliphatic carbocycles. The van der Waals surface area contributed by atoms with E-state index >= 15 is 0 Å². The van der Waals surface area contributed by atoms with Crippen molar-refractivity contribution in [3.05, 3.63) is 42.2 Å². The van der Waals surface area contributed by atoms with E-state index < -0.39 is 6.10 Å². The molecule has 1 atom stereocenters. The fourth-order valence-electron chi connectivity index (χ4n) is 1.12. The predicted octanol–water partition coefficient (Wildman–Crippen LogP) is 2.39. The summed E-state index contributed by atoms with van der Waals surface area (Å²) in [7, 11) is 0. The Balaban J connectivity index is 2.60. The van der Waals surface area contributed by atoms with Gasteiger partial charge in [-0.3, -0.25) is 4.98 Å². The van der Waals surface area contributed by atoms with Gasteiger partial charge in [0, 0.05) is 11.9 Å². The van der Waals surface area contributed by atoms with E-state index in [1.165, 1.54) is 0 Å². The molecule has 0 amide bonds. The summed E-state index contributed by atoms with van der Waals surface area (Å²) in [4.78, 5) is 4.12. The number of aliphatic hydroxyl groups is 1. The molecule has 0 radical (unpaired) electrons. The second kappa shape index (κ2) is 4.77. The van der Waals surface area contributed by atoms with Crippen molar-refractivity contribution < 1.29 is 5.11 Å². The topological polar surface area (TPSA) is 33.1 Å². The molecule has 0 aliphatic heterocycles. The first kappa shape index (κ1) is 9.93. The van der Waals surface area contributed by atoms with Crippen molar-refractivity contribution in [2.24, 2.45) is 0 Å².